The van der Waals surface area contributed by atoms with E-state index in [1.54, 1.807) is 0 Å². The summed E-state index contributed by atoms with van der Waals surface area (Å²) in [5, 5.41) is 0. The van der Waals surface area contributed by atoms with Crippen LogP contribution in [0.4, 0.5) is 4.39 Å². The molecular formula is C12H14FNO4S. The maximum atomic E-state index is 13.2. The number of sulfonamides is 1. The van der Waals surface area contributed by atoms with Crippen molar-refractivity contribution in [2.24, 2.45) is 0 Å². The molecule has 0 unspecified atom stereocenters. The van der Waals surface area contributed by atoms with Crippen molar-refractivity contribution in [3.8, 4) is 5.75 Å². The van der Waals surface area contributed by atoms with Crippen molar-refractivity contribution in [3.05, 3.63) is 24.0 Å². The Hall–Kier alpha value is -1.18. The third kappa shape index (κ3) is 2.33. The van der Waals surface area contributed by atoms with E-state index in [0.717, 1.165) is 6.07 Å². The number of ether oxygens (including phenoxy) is 2. The number of nitrogens with one attached hydrogen (secondary N) is 1. The molecule has 1 saturated heterocycles. The van der Waals surface area contributed by atoms with Gasteiger partial charge in [0, 0.05) is 12.8 Å². The van der Waals surface area contributed by atoms with Crippen LogP contribution in [0.15, 0.2) is 23.1 Å². The molecule has 3 rings (SSSR count). The molecule has 1 aromatic rings. The predicted molar refractivity (Wildman–Crippen MR) is 65.0 cm³/mol. The molecule has 0 amide bonds. The van der Waals surface area contributed by atoms with Crippen molar-refractivity contribution < 1.29 is 22.3 Å². The van der Waals surface area contributed by atoms with Gasteiger partial charge in [-0.15, -0.1) is 0 Å². The number of hydrogen-bond donors (Lipinski definition) is 1. The molecule has 5 nitrogen and oxygen atoms in total. The molecule has 0 radical (unpaired) electrons. The van der Waals surface area contributed by atoms with Gasteiger partial charge in [-0.05, 0) is 18.2 Å². The van der Waals surface area contributed by atoms with Gasteiger partial charge in [0.2, 0.25) is 10.0 Å². The zero-order chi connectivity index (χ0) is 13.5. The third-order valence-electron chi connectivity index (χ3n) is 3.51. The Balaban J connectivity index is 2.06. The molecule has 1 aromatic carbocycles. The lowest BCUT2D eigenvalue weighted by molar-refractivity contribution is -0.0420. The summed E-state index contributed by atoms with van der Waals surface area (Å²) in [6, 6.07) is 3.55. The largest absolute Gasteiger partial charge is 0.484 e. The average molecular weight is 287 g/mol. The molecule has 0 aliphatic carbocycles. The van der Waals surface area contributed by atoms with Crippen molar-refractivity contribution in [1.29, 1.82) is 0 Å². The molecule has 0 saturated carbocycles. The van der Waals surface area contributed by atoms with Gasteiger partial charge in [0.05, 0.1) is 19.8 Å². The molecule has 0 aromatic heterocycles. The van der Waals surface area contributed by atoms with Crippen LogP contribution in [-0.4, -0.2) is 33.8 Å². The van der Waals surface area contributed by atoms with Crippen LogP contribution in [0.1, 0.15) is 12.8 Å². The summed E-state index contributed by atoms with van der Waals surface area (Å²) in [6.07, 6.45) is 1.21. The molecule has 1 spiro atoms. The molecule has 7 heteroatoms. The van der Waals surface area contributed by atoms with E-state index in [0.29, 0.717) is 26.1 Å². The second-order valence-corrected chi connectivity index (χ2v) is 6.55. The minimum atomic E-state index is -3.73. The summed E-state index contributed by atoms with van der Waals surface area (Å²) in [4.78, 5) is -0.143. The summed E-state index contributed by atoms with van der Waals surface area (Å²) < 4.78 is 51.1. The quantitative estimate of drug-likeness (QED) is 0.774. The van der Waals surface area contributed by atoms with Gasteiger partial charge in [-0.1, -0.05) is 0 Å². The van der Waals surface area contributed by atoms with Gasteiger partial charge < -0.3 is 9.47 Å². The van der Waals surface area contributed by atoms with Gasteiger partial charge in [0.1, 0.15) is 22.1 Å². The first-order chi connectivity index (χ1) is 9.01. The monoisotopic (exact) mass is 287 g/mol. The first-order valence-corrected chi connectivity index (χ1v) is 7.55. The highest BCUT2D eigenvalue weighted by Crippen LogP contribution is 2.35. The van der Waals surface area contributed by atoms with Gasteiger partial charge in [0.25, 0.3) is 0 Å². The second kappa shape index (κ2) is 4.43. The van der Waals surface area contributed by atoms with Gasteiger partial charge >= 0.3 is 0 Å². The number of fused-ring (bicyclic) bond motifs is 1. The van der Waals surface area contributed by atoms with Crippen molar-refractivity contribution in [1.82, 2.24) is 4.72 Å². The van der Waals surface area contributed by atoms with E-state index < -0.39 is 21.4 Å². The number of benzene rings is 1. The van der Waals surface area contributed by atoms with Crippen LogP contribution in [0.5, 0.6) is 5.75 Å². The average Bonchev–Trinajstić information content (AvgIpc) is 2.49. The smallest absolute Gasteiger partial charge is 0.244 e. The van der Waals surface area contributed by atoms with Gasteiger partial charge in [-0.2, -0.15) is 0 Å². The van der Waals surface area contributed by atoms with Crippen LogP contribution >= 0.6 is 0 Å². The van der Waals surface area contributed by atoms with E-state index in [2.05, 4.69) is 4.72 Å². The van der Waals surface area contributed by atoms with E-state index in [9.17, 15) is 12.8 Å². The molecule has 19 heavy (non-hydrogen) atoms. The van der Waals surface area contributed by atoms with E-state index in [4.69, 9.17) is 9.47 Å². The SMILES string of the molecule is O=S1(=O)NCC2(CCOCC2)Oc2ccc(F)cc21. The highest BCUT2D eigenvalue weighted by atomic mass is 32.2. The van der Waals surface area contributed by atoms with Crippen LogP contribution in [-0.2, 0) is 14.8 Å². The number of rotatable bonds is 0. The number of hydrogen-bond acceptors (Lipinski definition) is 4. The van der Waals surface area contributed by atoms with Gasteiger partial charge in [0.15, 0.2) is 0 Å². The van der Waals surface area contributed by atoms with E-state index in [1.807, 2.05) is 0 Å². The number of halogens is 1. The fraction of sp³-hybridized carbons (Fsp3) is 0.500. The van der Waals surface area contributed by atoms with Crippen LogP contribution in [0.25, 0.3) is 0 Å². The maximum absolute atomic E-state index is 13.2. The molecule has 2 heterocycles. The van der Waals surface area contributed by atoms with E-state index in [-0.39, 0.29) is 17.2 Å². The topological polar surface area (TPSA) is 64.6 Å². The van der Waals surface area contributed by atoms with Crippen LogP contribution in [0, 0.1) is 5.82 Å². The van der Waals surface area contributed by atoms with Crippen LogP contribution in [0.2, 0.25) is 0 Å². The molecule has 0 bridgehead atoms. The van der Waals surface area contributed by atoms with Crippen molar-refractivity contribution in [2.75, 3.05) is 19.8 Å². The fourth-order valence-corrected chi connectivity index (χ4v) is 3.62. The summed E-state index contributed by atoms with van der Waals surface area (Å²) in [6.45, 7) is 1.23. The Morgan fingerprint density at radius 2 is 2.00 bits per heavy atom. The lowest BCUT2D eigenvalue weighted by Gasteiger charge is -2.36. The Morgan fingerprint density at radius 1 is 1.26 bits per heavy atom. The second-order valence-electron chi connectivity index (χ2n) is 4.81. The summed E-state index contributed by atoms with van der Waals surface area (Å²) in [5.74, 6) is -0.399. The van der Waals surface area contributed by atoms with E-state index >= 15 is 0 Å². The van der Waals surface area contributed by atoms with E-state index in [1.165, 1.54) is 12.1 Å². The third-order valence-corrected chi connectivity index (χ3v) is 4.93. The molecular weight excluding hydrogens is 273 g/mol. The molecule has 1 fully saturated rings. The Labute approximate surface area is 110 Å². The fourth-order valence-electron chi connectivity index (χ4n) is 2.37. The zero-order valence-corrected chi connectivity index (χ0v) is 11.0. The molecule has 104 valence electrons. The van der Waals surface area contributed by atoms with Crippen molar-refractivity contribution in [3.63, 3.8) is 0 Å². The standard InChI is InChI=1S/C12H14FNO4S/c13-9-1-2-10-11(7-9)19(15,16)14-8-12(18-10)3-5-17-6-4-12/h1-2,7,14H,3-6,8H2. The minimum absolute atomic E-state index is 0.143. The van der Waals surface area contributed by atoms with Crippen LogP contribution < -0.4 is 9.46 Å². The molecule has 0 atom stereocenters. The molecule has 1 N–H and O–H groups in total. The van der Waals surface area contributed by atoms with Gasteiger partial charge in [-0.3, -0.25) is 0 Å². The summed E-state index contributed by atoms with van der Waals surface area (Å²) in [5.41, 5.74) is -0.603. The Morgan fingerprint density at radius 3 is 2.74 bits per heavy atom. The maximum Gasteiger partial charge on any atom is 0.244 e. The normalized spacial score (nSPS) is 24.3. The van der Waals surface area contributed by atoms with Crippen molar-refractivity contribution >= 4 is 10.0 Å². The highest BCUT2D eigenvalue weighted by Gasteiger charge is 2.40. The first-order valence-electron chi connectivity index (χ1n) is 6.07. The summed E-state index contributed by atoms with van der Waals surface area (Å²) >= 11 is 0. The zero-order valence-electron chi connectivity index (χ0n) is 10.2. The van der Waals surface area contributed by atoms with Crippen LogP contribution in [0.3, 0.4) is 0 Å². The highest BCUT2D eigenvalue weighted by molar-refractivity contribution is 7.89. The Kier molecular flexibility index (Phi) is 2.99. The summed E-state index contributed by atoms with van der Waals surface area (Å²) in [7, 11) is -3.73. The lowest BCUT2D eigenvalue weighted by atomic mass is 9.94. The van der Waals surface area contributed by atoms with Crippen molar-refractivity contribution in [2.45, 2.75) is 23.3 Å². The predicted octanol–water partition coefficient (Wildman–Crippen LogP) is 1.05. The molecule has 2 aliphatic rings. The lowest BCUT2D eigenvalue weighted by Crippen LogP contribution is -2.49. The minimum Gasteiger partial charge on any atom is -0.484 e. The molecule has 2 aliphatic heterocycles. The van der Waals surface area contributed by atoms with Gasteiger partial charge in [-0.25, -0.2) is 17.5 Å². The Bertz CT molecular complexity index is 596. The first kappa shape index (κ1) is 12.8.